The van der Waals surface area contributed by atoms with Crippen molar-refractivity contribution in [3.8, 4) is 0 Å². The van der Waals surface area contributed by atoms with Gasteiger partial charge in [0.1, 0.15) is 11.6 Å². The lowest BCUT2D eigenvalue weighted by Gasteiger charge is -2.31. The van der Waals surface area contributed by atoms with E-state index in [1.807, 2.05) is 35.6 Å². The van der Waals surface area contributed by atoms with Crippen LogP contribution in [-0.2, 0) is 13.1 Å². The molecule has 0 fully saturated rings. The van der Waals surface area contributed by atoms with Crippen molar-refractivity contribution in [1.29, 1.82) is 0 Å². The van der Waals surface area contributed by atoms with Gasteiger partial charge in [-0.2, -0.15) is 4.68 Å². The summed E-state index contributed by atoms with van der Waals surface area (Å²) in [6.07, 6.45) is 2.14. The van der Waals surface area contributed by atoms with Crippen molar-refractivity contribution in [2.45, 2.75) is 32.5 Å². The van der Waals surface area contributed by atoms with Gasteiger partial charge < -0.3 is 4.90 Å². The molecule has 4 rings (SSSR count). The van der Waals surface area contributed by atoms with E-state index < -0.39 is 0 Å². The van der Waals surface area contributed by atoms with Crippen LogP contribution in [0.2, 0.25) is 0 Å². The van der Waals surface area contributed by atoms with E-state index in [-0.39, 0.29) is 5.56 Å². The van der Waals surface area contributed by atoms with Crippen molar-refractivity contribution in [2.75, 3.05) is 6.54 Å². The zero-order valence-corrected chi connectivity index (χ0v) is 13.8. The standard InChI is InChI=1S/C17H18N4OS/c1-2-15-13-8-10-23-16(13)7-9-20(15)11-21-17(22)12-5-3-4-6-14(12)18-19-21/h3-6,8,10,15H,2,7,9,11H2,1H3/p+1/t15-/m1/s1. The summed E-state index contributed by atoms with van der Waals surface area (Å²) in [6.45, 7) is 3.82. The quantitative estimate of drug-likeness (QED) is 0.791. The topological polar surface area (TPSA) is 52.2 Å². The summed E-state index contributed by atoms with van der Waals surface area (Å²) in [5.41, 5.74) is 2.06. The molecule has 1 aromatic carbocycles. The average Bonchev–Trinajstić information content (AvgIpc) is 3.06. The van der Waals surface area contributed by atoms with Gasteiger partial charge in [0.15, 0.2) is 6.67 Å². The van der Waals surface area contributed by atoms with Gasteiger partial charge in [0.2, 0.25) is 0 Å². The molecule has 118 valence electrons. The maximum atomic E-state index is 12.6. The molecule has 0 amide bonds. The minimum absolute atomic E-state index is 0.0472. The first kappa shape index (κ1) is 14.5. The minimum Gasteiger partial charge on any atom is -0.310 e. The Labute approximate surface area is 138 Å². The Morgan fingerprint density at radius 1 is 1.35 bits per heavy atom. The van der Waals surface area contributed by atoms with Crippen LogP contribution in [0.4, 0.5) is 0 Å². The molecular weight excluding hydrogens is 308 g/mol. The van der Waals surface area contributed by atoms with Crippen LogP contribution in [-0.4, -0.2) is 21.5 Å². The first-order valence-electron chi connectivity index (χ1n) is 8.01. The highest BCUT2D eigenvalue weighted by atomic mass is 32.1. The Morgan fingerprint density at radius 3 is 3.09 bits per heavy atom. The number of rotatable bonds is 3. The van der Waals surface area contributed by atoms with E-state index >= 15 is 0 Å². The number of thiophene rings is 1. The van der Waals surface area contributed by atoms with E-state index in [2.05, 4.69) is 28.7 Å². The molecule has 0 aliphatic carbocycles. The Balaban J connectivity index is 1.68. The van der Waals surface area contributed by atoms with Gasteiger partial charge in [0.05, 0.1) is 11.9 Å². The molecule has 2 atom stereocenters. The Hall–Kier alpha value is -2.05. The van der Waals surface area contributed by atoms with Crippen LogP contribution in [0.5, 0.6) is 0 Å². The summed E-state index contributed by atoms with van der Waals surface area (Å²) in [6, 6.07) is 10.1. The monoisotopic (exact) mass is 327 g/mol. The molecule has 0 saturated carbocycles. The fourth-order valence-electron chi connectivity index (χ4n) is 3.55. The highest BCUT2D eigenvalue weighted by Crippen LogP contribution is 2.26. The lowest BCUT2D eigenvalue weighted by Crippen LogP contribution is -3.12. The van der Waals surface area contributed by atoms with Crippen molar-refractivity contribution in [1.82, 2.24) is 15.0 Å². The van der Waals surface area contributed by atoms with Gasteiger partial charge in [-0.25, -0.2) is 0 Å². The zero-order valence-electron chi connectivity index (χ0n) is 13.0. The SMILES string of the molecule is CC[C@@H]1c2ccsc2CC[NH+]1Cn1nnc2ccccc2c1=O. The van der Waals surface area contributed by atoms with Crippen LogP contribution in [0.25, 0.3) is 10.9 Å². The third-order valence-electron chi connectivity index (χ3n) is 4.71. The zero-order chi connectivity index (χ0) is 15.8. The predicted molar refractivity (Wildman–Crippen MR) is 90.7 cm³/mol. The number of hydrogen-bond acceptors (Lipinski definition) is 4. The third kappa shape index (κ3) is 2.48. The maximum Gasteiger partial charge on any atom is 0.282 e. The molecule has 3 aromatic rings. The average molecular weight is 327 g/mol. The van der Waals surface area contributed by atoms with E-state index in [0.717, 1.165) is 19.4 Å². The molecule has 0 radical (unpaired) electrons. The van der Waals surface area contributed by atoms with Crippen molar-refractivity contribution in [2.24, 2.45) is 0 Å². The molecule has 5 nitrogen and oxygen atoms in total. The number of benzene rings is 1. The number of quaternary nitrogens is 1. The van der Waals surface area contributed by atoms with Gasteiger partial charge in [-0.1, -0.05) is 24.3 Å². The molecule has 0 saturated heterocycles. The van der Waals surface area contributed by atoms with Crippen LogP contribution in [0.3, 0.4) is 0 Å². The highest BCUT2D eigenvalue weighted by molar-refractivity contribution is 7.10. The summed E-state index contributed by atoms with van der Waals surface area (Å²) in [7, 11) is 0. The Kier molecular flexibility index (Phi) is 3.71. The van der Waals surface area contributed by atoms with Crippen LogP contribution in [0.1, 0.15) is 29.8 Å². The summed E-state index contributed by atoms with van der Waals surface area (Å²) in [4.78, 5) is 15.5. The van der Waals surface area contributed by atoms with E-state index in [4.69, 9.17) is 0 Å². The molecule has 0 bridgehead atoms. The normalized spacial score (nSPS) is 20.6. The summed E-state index contributed by atoms with van der Waals surface area (Å²) >= 11 is 1.85. The molecule has 1 aliphatic heterocycles. The van der Waals surface area contributed by atoms with Crippen molar-refractivity contribution >= 4 is 22.2 Å². The first-order valence-corrected chi connectivity index (χ1v) is 8.89. The fourth-order valence-corrected chi connectivity index (χ4v) is 4.49. The molecular formula is C17H19N4OS+. The van der Waals surface area contributed by atoms with Crippen LogP contribution < -0.4 is 10.5 Å². The number of fused-ring (bicyclic) bond motifs is 2. The van der Waals surface area contributed by atoms with E-state index in [9.17, 15) is 4.79 Å². The molecule has 2 aromatic heterocycles. The number of hydrogen-bond donors (Lipinski definition) is 1. The van der Waals surface area contributed by atoms with Gasteiger partial charge in [0, 0.05) is 23.3 Å². The summed E-state index contributed by atoms with van der Waals surface area (Å²) in [5.74, 6) is 0. The Morgan fingerprint density at radius 2 is 2.22 bits per heavy atom. The Bertz CT molecular complexity index is 901. The predicted octanol–water partition coefficient (Wildman–Crippen LogP) is 1.40. The third-order valence-corrected chi connectivity index (χ3v) is 5.71. The van der Waals surface area contributed by atoms with Gasteiger partial charge in [-0.3, -0.25) is 4.79 Å². The van der Waals surface area contributed by atoms with Gasteiger partial charge in [-0.15, -0.1) is 16.4 Å². The smallest absolute Gasteiger partial charge is 0.282 e. The fraction of sp³-hybridized carbons (Fsp3) is 0.353. The molecule has 6 heteroatoms. The highest BCUT2D eigenvalue weighted by Gasteiger charge is 2.31. The lowest BCUT2D eigenvalue weighted by atomic mass is 9.98. The number of nitrogens with one attached hydrogen (secondary N) is 1. The van der Waals surface area contributed by atoms with Crippen molar-refractivity contribution in [3.63, 3.8) is 0 Å². The summed E-state index contributed by atoms with van der Waals surface area (Å²) < 4.78 is 1.53. The molecule has 1 aliphatic rings. The van der Waals surface area contributed by atoms with Crippen LogP contribution in [0.15, 0.2) is 40.5 Å². The molecule has 3 heterocycles. The number of nitrogens with zero attached hydrogens (tertiary/aromatic N) is 3. The van der Waals surface area contributed by atoms with Crippen molar-refractivity contribution in [3.05, 3.63) is 56.5 Å². The first-order chi connectivity index (χ1) is 11.3. The molecule has 1 N–H and O–H groups in total. The largest absolute Gasteiger partial charge is 0.310 e. The van der Waals surface area contributed by atoms with Crippen molar-refractivity contribution < 1.29 is 4.90 Å². The second-order valence-corrected chi connectivity index (χ2v) is 6.99. The van der Waals surface area contributed by atoms with E-state index in [1.165, 1.54) is 20.0 Å². The maximum absolute atomic E-state index is 12.6. The summed E-state index contributed by atoms with van der Waals surface area (Å²) in [5, 5.41) is 11.2. The van der Waals surface area contributed by atoms with E-state index in [0.29, 0.717) is 23.6 Å². The second-order valence-electron chi connectivity index (χ2n) is 5.99. The van der Waals surface area contributed by atoms with Gasteiger partial charge in [-0.05, 0) is 23.6 Å². The van der Waals surface area contributed by atoms with Gasteiger partial charge >= 0.3 is 0 Å². The molecule has 1 unspecified atom stereocenters. The van der Waals surface area contributed by atoms with E-state index in [1.54, 1.807) is 0 Å². The second kappa shape index (κ2) is 5.86. The number of aromatic nitrogens is 3. The minimum atomic E-state index is -0.0472. The lowest BCUT2D eigenvalue weighted by molar-refractivity contribution is -0.956. The van der Waals surface area contributed by atoms with Crippen LogP contribution >= 0.6 is 11.3 Å². The van der Waals surface area contributed by atoms with Gasteiger partial charge in [0.25, 0.3) is 5.56 Å². The van der Waals surface area contributed by atoms with Crippen LogP contribution in [0, 0.1) is 0 Å². The molecule has 0 spiro atoms. The molecule has 23 heavy (non-hydrogen) atoms.